The molecule has 0 atom stereocenters. The highest BCUT2D eigenvalue weighted by Gasteiger charge is 2.28. The zero-order valence-corrected chi connectivity index (χ0v) is 15.0. The first-order valence-corrected chi connectivity index (χ1v) is 7.78. The summed E-state index contributed by atoms with van der Waals surface area (Å²) in [5.41, 5.74) is 1.31. The lowest BCUT2D eigenvalue weighted by molar-refractivity contribution is -0.153. The molecule has 8 heteroatoms. The number of hydrogen-bond acceptors (Lipinski definition) is 5. The molecule has 0 bridgehead atoms. The Morgan fingerprint density at radius 1 is 0.852 bits per heavy atom. The van der Waals surface area contributed by atoms with E-state index in [0.29, 0.717) is 22.8 Å². The van der Waals surface area contributed by atoms with Crippen molar-refractivity contribution in [3.05, 3.63) is 41.5 Å². The van der Waals surface area contributed by atoms with Crippen LogP contribution in [-0.2, 0) is 0 Å². The van der Waals surface area contributed by atoms with Crippen molar-refractivity contribution in [2.45, 2.75) is 6.18 Å². The molecule has 146 valence electrons. The first-order chi connectivity index (χ1) is 12.8. The van der Waals surface area contributed by atoms with Gasteiger partial charge in [-0.05, 0) is 35.4 Å². The topological polar surface area (TPSA) is 57.2 Å². The van der Waals surface area contributed by atoms with E-state index in [-0.39, 0.29) is 11.5 Å². The van der Waals surface area contributed by atoms with Crippen molar-refractivity contribution in [2.24, 2.45) is 0 Å². The Balaban J connectivity index is 2.21. The quantitative estimate of drug-likeness (QED) is 0.711. The molecule has 0 saturated carbocycles. The Kier molecular flexibility index (Phi) is 6.44. The summed E-state index contributed by atoms with van der Waals surface area (Å²) in [7, 11) is 4.51. The fraction of sp³-hybridized carbons (Fsp3) is 0.263. The maximum absolute atomic E-state index is 12.2. The van der Waals surface area contributed by atoms with Gasteiger partial charge in [0.25, 0.3) is 0 Å². The fourth-order valence-corrected chi connectivity index (χ4v) is 2.31. The zero-order valence-electron chi connectivity index (χ0n) is 15.0. The third-order valence-electron chi connectivity index (χ3n) is 3.53. The van der Waals surface area contributed by atoms with E-state index in [1.54, 1.807) is 24.3 Å². The summed E-state index contributed by atoms with van der Waals surface area (Å²) in [6.07, 6.45) is -1.07. The van der Waals surface area contributed by atoms with E-state index in [4.69, 9.17) is 14.2 Å². The maximum Gasteiger partial charge on any atom is 0.422 e. The summed E-state index contributed by atoms with van der Waals surface area (Å²) in [6.45, 7) is -1.47. The molecule has 0 heterocycles. The third-order valence-corrected chi connectivity index (χ3v) is 3.53. The SMILES string of the molecule is COc1cc(C=Cc2ccc(OCC(F)(F)F)c(O)c2)cc(OC)c1OC. The molecule has 0 radical (unpaired) electrons. The Morgan fingerprint density at radius 2 is 1.44 bits per heavy atom. The van der Waals surface area contributed by atoms with Crippen LogP contribution in [0.2, 0.25) is 0 Å². The average molecular weight is 384 g/mol. The molecule has 2 rings (SSSR count). The Bertz CT molecular complexity index is 790. The summed E-state index contributed by atoms with van der Waals surface area (Å²) in [6, 6.07) is 7.58. The number of methoxy groups -OCH3 is 3. The normalized spacial score (nSPS) is 11.5. The van der Waals surface area contributed by atoms with Crippen molar-refractivity contribution in [3.8, 4) is 28.7 Å². The van der Waals surface area contributed by atoms with Crippen molar-refractivity contribution < 1.29 is 37.2 Å². The van der Waals surface area contributed by atoms with Gasteiger partial charge >= 0.3 is 6.18 Å². The minimum Gasteiger partial charge on any atom is -0.504 e. The number of phenols is 1. The molecule has 27 heavy (non-hydrogen) atoms. The lowest BCUT2D eigenvalue weighted by Crippen LogP contribution is -2.19. The van der Waals surface area contributed by atoms with E-state index in [1.807, 2.05) is 0 Å². The molecule has 0 amide bonds. The second-order valence-corrected chi connectivity index (χ2v) is 5.42. The van der Waals surface area contributed by atoms with E-state index < -0.39 is 12.8 Å². The van der Waals surface area contributed by atoms with Crippen LogP contribution in [0.15, 0.2) is 30.3 Å². The molecule has 2 aromatic rings. The zero-order chi connectivity index (χ0) is 20.0. The van der Waals surface area contributed by atoms with Gasteiger partial charge in [-0.15, -0.1) is 0 Å². The number of benzene rings is 2. The van der Waals surface area contributed by atoms with Gasteiger partial charge in [0.15, 0.2) is 29.6 Å². The maximum atomic E-state index is 12.2. The standard InChI is InChI=1S/C19H19F3O5/c1-24-16-9-13(10-17(25-2)18(16)26-3)5-4-12-6-7-15(14(23)8-12)27-11-19(20,21)22/h4-10,23H,11H2,1-3H3. The van der Waals surface area contributed by atoms with Crippen LogP contribution in [0.1, 0.15) is 11.1 Å². The lowest BCUT2D eigenvalue weighted by atomic mass is 10.1. The number of ether oxygens (including phenoxy) is 4. The van der Waals surface area contributed by atoms with Crippen molar-refractivity contribution in [2.75, 3.05) is 27.9 Å². The molecule has 0 spiro atoms. The van der Waals surface area contributed by atoms with Gasteiger partial charge in [0, 0.05) is 0 Å². The van der Waals surface area contributed by atoms with Crippen molar-refractivity contribution in [1.29, 1.82) is 0 Å². The minimum absolute atomic E-state index is 0.239. The minimum atomic E-state index is -4.47. The Hall–Kier alpha value is -3.03. The number of alkyl halides is 3. The fourth-order valence-electron chi connectivity index (χ4n) is 2.31. The summed E-state index contributed by atoms with van der Waals surface area (Å²) in [4.78, 5) is 0. The molecule has 0 fully saturated rings. The molecule has 0 aliphatic carbocycles. The number of hydrogen-bond donors (Lipinski definition) is 1. The summed E-state index contributed by atoms with van der Waals surface area (Å²) in [5.74, 6) is 0.801. The van der Waals surface area contributed by atoms with Gasteiger partial charge in [-0.3, -0.25) is 0 Å². The molecule has 1 N–H and O–H groups in total. The van der Waals surface area contributed by atoms with Gasteiger partial charge in [0.1, 0.15) is 0 Å². The summed E-state index contributed by atoms with van der Waals surface area (Å²) < 4.78 is 56.9. The van der Waals surface area contributed by atoms with Crippen LogP contribution in [0.3, 0.4) is 0 Å². The molecular weight excluding hydrogens is 365 g/mol. The van der Waals surface area contributed by atoms with Crippen LogP contribution in [0.25, 0.3) is 12.2 Å². The van der Waals surface area contributed by atoms with Crippen molar-refractivity contribution in [3.63, 3.8) is 0 Å². The van der Waals surface area contributed by atoms with Gasteiger partial charge in [-0.25, -0.2) is 0 Å². The third kappa shape index (κ3) is 5.47. The van der Waals surface area contributed by atoms with Crippen LogP contribution in [0, 0.1) is 0 Å². The molecule has 0 aliphatic heterocycles. The van der Waals surface area contributed by atoms with Crippen LogP contribution in [-0.4, -0.2) is 39.2 Å². The predicted molar refractivity (Wildman–Crippen MR) is 94.7 cm³/mol. The predicted octanol–water partition coefficient (Wildman–Crippen LogP) is 4.53. The van der Waals surface area contributed by atoms with Gasteiger partial charge in [-0.1, -0.05) is 18.2 Å². The summed E-state index contributed by atoms with van der Waals surface area (Å²) in [5, 5.41) is 9.84. The van der Waals surface area contributed by atoms with Crippen LogP contribution in [0.5, 0.6) is 28.7 Å². The highest BCUT2D eigenvalue weighted by atomic mass is 19.4. The Morgan fingerprint density at radius 3 is 1.93 bits per heavy atom. The molecule has 0 unspecified atom stereocenters. The largest absolute Gasteiger partial charge is 0.504 e. The number of phenolic OH excluding ortho intramolecular Hbond substituents is 1. The second kappa shape index (κ2) is 8.57. The molecule has 5 nitrogen and oxygen atoms in total. The summed E-state index contributed by atoms with van der Waals surface area (Å²) >= 11 is 0. The van der Waals surface area contributed by atoms with Crippen LogP contribution >= 0.6 is 0 Å². The molecule has 0 aliphatic rings. The van der Waals surface area contributed by atoms with E-state index >= 15 is 0 Å². The van der Waals surface area contributed by atoms with Gasteiger partial charge in [-0.2, -0.15) is 13.2 Å². The highest BCUT2D eigenvalue weighted by Crippen LogP contribution is 2.38. The first kappa shape index (κ1) is 20.3. The van der Waals surface area contributed by atoms with Gasteiger partial charge in [0.05, 0.1) is 21.3 Å². The molecule has 0 aromatic heterocycles. The monoisotopic (exact) mass is 384 g/mol. The van der Waals surface area contributed by atoms with Gasteiger partial charge in [0.2, 0.25) is 5.75 Å². The smallest absolute Gasteiger partial charge is 0.422 e. The van der Waals surface area contributed by atoms with Crippen molar-refractivity contribution >= 4 is 12.2 Å². The van der Waals surface area contributed by atoms with E-state index in [2.05, 4.69) is 4.74 Å². The number of aromatic hydroxyl groups is 1. The molecule has 0 saturated heterocycles. The Labute approximate surface area is 154 Å². The molecule has 2 aromatic carbocycles. The molecular formula is C19H19F3O5. The van der Waals surface area contributed by atoms with E-state index in [9.17, 15) is 18.3 Å². The lowest BCUT2D eigenvalue weighted by Gasteiger charge is -2.13. The van der Waals surface area contributed by atoms with E-state index in [0.717, 1.165) is 5.56 Å². The first-order valence-electron chi connectivity index (χ1n) is 7.78. The van der Waals surface area contributed by atoms with Crippen LogP contribution in [0.4, 0.5) is 13.2 Å². The van der Waals surface area contributed by atoms with E-state index in [1.165, 1.54) is 39.5 Å². The second-order valence-electron chi connectivity index (χ2n) is 5.42. The van der Waals surface area contributed by atoms with Gasteiger partial charge < -0.3 is 24.1 Å². The average Bonchev–Trinajstić information content (AvgIpc) is 2.63. The number of halogens is 3. The number of rotatable bonds is 7. The van der Waals surface area contributed by atoms with Crippen LogP contribution < -0.4 is 18.9 Å². The highest BCUT2D eigenvalue weighted by molar-refractivity contribution is 5.73. The van der Waals surface area contributed by atoms with Crippen molar-refractivity contribution in [1.82, 2.24) is 0 Å².